The third-order valence-electron chi connectivity index (χ3n) is 5.03. The minimum atomic E-state index is -0.492. The highest BCUT2D eigenvalue weighted by Crippen LogP contribution is 2.36. The molecule has 2 rings (SSSR count). The van der Waals surface area contributed by atoms with E-state index in [-0.39, 0.29) is 5.91 Å². The first kappa shape index (κ1) is 18.7. The number of methoxy groups -OCH3 is 1. The molecule has 0 unspecified atom stereocenters. The van der Waals surface area contributed by atoms with Gasteiger partial charge in [-0.05, 0) is 43.6 Å². The summed E-state index contributed by atoms with van der Waals surface area (Å²) < 4.78 is 10.7. The van der Waals surface area contributed by atoms with Crippen molar-refractivity contribution < 1.29 is 14.3 Å². The maximum Gasteiger partial charge on any atom is 0.230 e. The number of hydrogen-bond donors (Lipinski definition) is 1. The second-order valence-corrected chi connectivity index (χ2v) is 6.21. The standard InChI is InChI=1S/C19H30N2O3/c1-4-21(5-2)13-12-20-18(22)19(10-14-24-15-11-19)16-6-8-17(23-3)9-7-16/h6-9H,4-5,10-15H2,1-3H3,(H,20,22). The number of rotatable bonds is 8. The van der Waals surface area contributed by atoms with Crippen molar-refractivity contribution in [3.63, 3.8) is 0 Å². The molecular formula is C19H30N2O3. The van der Waals surface area contributed by atoms with Crippen molar-refractivity contribution in [2.24, 2.45) is 0 Å². The summed E-state index contributed by atoms with van der Waals surface area (Å²) in [6.07, 6.45) is 1.44. The second kappa shape index (κ2) is 9.04. The lowest BCUT2D eigenvalue weighted by Crippen LogP contribution is -2.49. The SMILES string of the molecule is CCN(CC)CCNC(=O)C1(c2ccc(OC)cc2)CCOCC1. The second-order valence-electron chi connectivity index (χ2n) is 6.21. The van der Waals surface area contributed by atoms with Gasteiger partial charge in [0.2, 0.25) is 5.91 Å². The van der Waals surface area contributed by atoms with Gasteiger partial charge in [0, 0.05) is 26.3 Å². The molecule has 0 aromatic heterocycles. The Morgan fingerprint density at radius 3 is 2.38 bits per heavy atom. The normalized spacial score (nSPS) is 16.8. The van der Waals surface area contributed by atoms with Crippen LogP contribution in [0.3, 0.4) is 0 Å². The molecule has 0 aliphatic carbocycles. The van der Waals surface area contributed by atoms with E-state index in [9.17, 15) is 4.79 Å². The molecule has 0 bridgehead atoms. The van der Waals surface area contributed by atoms with Crippen molar-refractivity contribution >= 4 is 5.91 Å². The average molecular weight is 334 g/mol. The summed E-state index contributed by atoms with van der Waals surface area (Å²) in [5.74, 6) is 0.922. The number of hydrogen-bond acceptors (Lipinski definition) is 4. The number of benzene rings is 1. The lowest BCUT2D eigenvalue weighted by Gasteiger charge is -2.36. The van der Waals surface area contributed by atoms with Crippen molar-refractivity contribution in [2.75, 3.05) is 46.5 Å². The van der Waals surface area contributed by atoms with Gasteiger partial charge in [0.05, 0.1) is 12.5 Å². The van der Waals surface area contributed by atoms with Crippen LogP contribution in [0.4, 0.5) is 0 Å². The predicted molar refractivity (Wildman–Crippen MR) is 95.5 cm³/mol. The Balaban J connectivity index is 2.09. The molecule has 1 fully saturated rings. The van der Waals surface area contributed by atoms with Gasteiger partial charge in [-0.1, -0.05) is 26.0 Å². The lowest BCUT2D eigenvalue weighted by atomic mass is 9.73. The molecule has 0 radical (unpaired) electrons. The van der Waals surface area contributed by atoms with Crippen molar-refractivity contribution in [1.82, 2.24) is 10.2 Å². The quantitative estimate of drug-likeness (QED) is 0.792. The summed E-state index contributed by atoms with van der Waals surface area (Å²) in [5.41, 5.74) is 0.556. The molecule has 1 aliphatic rings. The first-order valence-corrected chi connectivity index (χ1v) is 8.89. The van der Waals surface area contributed by atoms with Gasteiger partial charge >= 0.3 is 0 Å². The fraction of sp³-hybridized carbons (Fsp3) is 0.632. The Bertz CT molecular complexity index is 506. The van der Waals surface area contributed by atoms with Crippen LogP contribution in [0.1, 0.15) is 32.3 Å². The van der Waals surface area contributed by atoms with Crippen LogP contribution in [0.25, 0.3) is 0 Å². The number of likely N-dealkylation sites (N-methyl/N-ethyl adjacent to an activating group) is 1. The zero-order chi connectivity index (χ0) is 17.4. The van der Waals surface area contributed by atoms with Crippen LogP contribution in [0.5, 0.6) is 5.75 Å². The third-order valence-corrected chi connectivity index (χ3v) is 5.03. The Morgan fingerprint density at radius 2 is 1.83 bits per heavy atom. The molecule has 0 atom stereocenters. The lowest BCUT2D eigenvalue weighted by molar-refractivity contribution is -0.130. The minimum absolute atomic E-state index is 0.114. The predicted octanol–water partition coefficient (Wildman–Crippen LogP) is 2.20. The number of amides is 1. The van der Waals surface area contributed by atoms with Crippen molar-refractivity contribution in [3.05, 3.63) is 29.8 Å². The van der Waals surface area contributed by atoms with Crippen LogP contribution >= 0.6 is 0 Å². The molecule has 1 amide bonds. The molecule has 1 aliphatic heterocycles. The molecule has 1 aromatic rings. The summed E-state index contributed by atoms with van der Waals surface area (Å²) in [7, 11) is 1.65. The first-order chi connectivity index (χ1) is 11.7. The van der Waals surface area contributed by atoms with Gasteiger partial charge in [-0.25, -0.2) is 0 Å². The van der Waals surface area contributed by atoms with E-state index in [1.165, 1.54) is 0 Å². The average Bonchev–Trinajstić information content (AvgIpc) is 2.65. The van der Waals surface area contributed by atoms with Crippen LogP contribution in [-0.4, -0.2) is 57.3 Å². The van der Waals surface area contributed by atoms with Crippen LogP contribution in [0.15, 0.2) is 24.3 Å². The Hall–Kier alpha value is -1.59. The van der Waals surface area contributed by atoms with E-state index in [0.717, 1.165) is 43.8 Å². The Labute approximate surface area is 145 Å². The molecule has 1 aromatic carbocycles. The van der Waals surface area contributed by atoms with E-state index in [4.69, 9.17) is 9.47 Å². The van der Waals surface area contributed by atoms with Gasteiger partial charge in [-0.15, -0.1) is 0 Å². The van der Waals surface area contributed by atoms with Gasteiger partial charge in [0.1, 0.15) is 5.75 Å². The molecule has 5 heteroatoms. The van der Waals surface area contributed by atoms with E-state index in [1.807, 2.05) is 24.3 Å². The smallest absolute Gasteiger partial charge is 0.230 e. The fourth-order valence-electron chi connectivity index (χ4n) is 3.31. The number of ether oxygens (including phenoxy) is 2. The van der Waals surface area contributed by atoms with Gasteiger partial charge in [0.15, 0.2) is 0 Å². The highest BCUT2D eigenvalue weighted by atomic mass is 16.5. The molecule has 5 nitrogen and oxygen atoms in total. The molecule has 134 valence electrons. The van der Waals surface area contributed by atoms with Crippen LogP contribution in [0.2, 0.25) is 0 Å². The van der Waals surface area contributed by atoms with E-state index >= 15 is 0 Å². The molecule has 0 spiro atoms. The third kappa shape index (κ3) is 4.28. The molecule has 1 heterocycles. The van der Waals surface area contributed by atoms with Gasteiger partial charge in [0.25, 0.3) is 0 Å². The summed E-state index contributed by atoms with van der Waals surface area (Å²) in [5, 5.41) is 3.15. The summed E-state index contributed by atoms with van der Waals surface area (Å²) >= 11 is 0. The first-order valence-electron chi connectivity index (χ1n) is 8.89. The van der Waals surface area contributed by atoms with E-state index < -0.39 is 5.41 Å². The number of carbonyl (C=O) groups excluding carboxylic acids is 1. The minimum Gasteiger partial charge on any atom is -0.497 e. The maximum absolute atomic E-state index is 13.0. The number of nitrogens with zero attached hydrogens (tertiary/aromatic N) is 1. The zero-order valence-corrected chi connectivity index (χ0v) is 15.1. The number of carbonyl (C=O) groups is 1. The van der Waals surface area contributed by atoms with E-state index in [1.54, 1.807) is 7.11 Å². The zero-order valence-electron chi connectivity index (χ0n) is 15.1. The molecular weight excluding hydrogens is 304 g/mol. The summed E-state index contributed by atoms with van der Waals surface area (Å²) in [6.45, 7) is 9.09. The highest BCUT2D eigenvalue weighted by molar-refractivity contribution is 5.88. The van der Waals surface area contributed by atoms with Crippen LogP contribution in [-0.2, 0) is 14.9 Å². The van der Waals surface area contributed by atoms with Crippen LogP contribution in [0, 0.1) is 0 Å². The topological polar surface area (TPSA) is 50.8 Å². The maximum atomic E-state index is 13.0. The van der Waals surface area contributed by atoms with Gasteiger partial charge in [-0.3, -0.25) is 4.79 Å². The van der Waals surface area contributed by atoms with Crippen LogP contribution < -0.4 is 10.1 Å². The molecule has 24 heavy (non-hydrogen) atoms. The Morgan fingerprint density at radius 1 is 1.21 bits per heavy atom. The van der Waals surface area contributed by atoms with Crippen molar-refractivity contribution in [2.45, 2.75) is 32.1 Å². The highest BCUT2D eigenvalue weighted by Gasteiger charge is 2.41. The summed E-state index contributed by atoms with van der Waals surface area (Å²) in [4.78, 5) is 15.3. The van der Waals surface area contributed by atoms with Crippen molar-refractivity contribution in [1.29, 1.82) is 0 Å². The fourth-order valence-corrected chi connectivity index (χ4v) is 3.31. The molecule has 1 saturated heterocycles. The monoisotopic (exact) mass is 334 g/mol. The molecule has 1 N–H and O–H groups in total. The van der Waals surface area contributed by atoms with Gasteiger partial charge in [-0.2, -0.15) is 0 Å². The van der Waals surface area contributed by atoms with E-state index in [0.29, 0.717) is 19.8 Å². The van der Waals surface area contributed by atoms with Crippen molar-refractivity contribution in [3.8, 4) is 5.75 Å². The van der Waals surface area contributed by atoms with E-state index in [2.05, 4.69) is 24.1 Å². The summed E-state index contributed by atoms with van der Waals surface area (Å²) in [6, 6.07) is 7.87. The van der Waals surface area contributed by atoms with Gasteiger partial charge < -0.3 is 19.7 Å². The largest absolute Gasteiger partial charge is 0.497 e. The Kier molecular flexibility index (Phi) is 7.06. The number of nitrogens with one attached hydrogen (secondary N) is 1. The molecule has 0 saturated carbocycles.